The van der Waals surface area contributed by atoms with Gasteiger partial charge in [-0.25, -0.2) is 0 Å². The van der Waals surface area contributed by atoms with Gasteiger partial charge in [-0.1, -0.05) is 34.1 Å². The molecule has 2 aliphatic rings. The highest BCUT2D eigenvalue weighted by Crippen LogP contribution is 2.45. The third-order valence-electron chi connectivity index (χ3n) is 4.60. The number of fused-ring (bicyclic) bond motifs is 2. The van der Waals surface area contributed by atoms with Crippen molar-refractivity contribution >= 4 is 21.8 Å². The van der Waals surface area contributed by atoms with E-state index in [1.165, 1.54) is 0 Å². The van der Waals surface area contributed by atoms with Crippen LogP contribution in [0.2, 0.25) is 0 Å². The molecule has 0 aromatic heterocycles. The lowest BCUT2D eigenvalue weighted by molar-refractivity contribution is -0.0324. The van der Waals surface area contributed by atoms with Crippen molar-refractivity contribution < 1.29 is 14.6 Å². The minimum absolute atomic E-state index is 0.0501. The Balaban J connectivity index is 1.65. The van der Waals surface area contributed by atoms with Crippen LogP contribution in [0.15, 0.2) is 53.0 Å². The van der Waals surface area contributed by atoms with Crippen LogP contribution in [0.1, 0.15) is 28.4 Å². The third kappa shape index (κ3) is 2.44. The molecule has 1 amide bonds. The largest absolute Gasteiger partial charge is 0.470 e. The van der Waals surface area contributed by atoms with E-state index >= 15 is 0 Å². The predicted octanol–water partition coefficient (Wildman–Crippen LogP) is 3.36. The van der Waals surface area contributed by atoms with E-state index in [1.807, 2.05) is 36.4 Å². The van der Waals surface area contributed by atoms with E-state index in [1.54, 1.807) is 17.0 Å². The van der Waals surface area contributed by atoms with Gasteiger partial charge in [0.05, 0.1) is 6.10 Å². The van der Waals surface area contributed by atoms with Crippen LogP contribution in [-0.4, -0.2) is 28.7 Å². The fraction of sp³-hybridized carbons (Fsp3) is 0.278. The van der Waals surface area contributed by atoms with Gasteiger partial charge in [0.2, 0.25) is 0 Å². The molecule has 2 aromatic carbocycles. The number of carbonyl (C=O) groups is 1. The van der Waals surface area contributed by atoms with E-state index in [-0.39, 0.29) is 11.8 Å². The molecule has 2 heterocycles. The lowest BCUT2D eigenvalue weighted by atomic mass is 9.91. The molecule has 1 fully saturated rings. The summed E-state index contributed by atoms with van der Waals surface area (Å²) in [7, 11) is 0. The summed E-state index contributed by atoms with van der Waals surface area (Å²) >= 11 is 3.42. The highest BCUT2D eigenvalue weighted by atomic mass is 79.9. The van der Waals surface area contributed by atoms with Crippen molar-refractivity contribution in [2.45, 2.75) is 18.8 Å². The molecule has 2 aliphatic heterocycles. The lowest BCUT2D eigenvalue weighted by Gasteiger charge is -2.36. The highest BCUT2D eigenvalue weighted by Gasteiger charge is 2.46. The molecule has 118 valence electrons. The minimum Gasteiger partial charge on any atom is -0.470 e. The number of carbonyl (C=O) groups excluding carboxylic acids is 1. The lowest BCUT2D eigenvalue weighted by Crippen LogP contribution is -2.45. The molecule has 0 spiro atoms. The van der Waals surface area contributed by atoms with E-state index < -0.39 is 12.3 Å². The molecule has 3 atom stereocenters. The van der Waals surface area contributed by atoms with Gasteiger partial charge in [0, 0.05) is 28.1 Å². The summed E-state index contributed by atoms with van der Waals surface area (Å²) in [4.78, 5) is 14.5. The average Bonchev–Trinajstić information content (AvgIpc) is 3.00. The highest BCUT2D eigenvalue weighted by molar-refractivity contribution is 9.10. The van der Waals surface area contributed by atoms with Crippen molar-refractivity contribution in [3.05, 3.63) is 64.1 Å². The number of ether oxygens (including phenoxy) is 1. The maximum Gasteiger partial charge on any atom is 0.256 e. The zero-order chi connectivity index (χ0) is 16.0. The quantitative estimate of drug-likeness (QED) is 0.833. The molecule has 0 unspecified atom stereocenters. The third-order valence-corrected chi connectivity index (χ3v) is 5.10. The second-order valence-corrected chi connectivity index (χ2v) is 6.87. The first-order valence-electron chi connectivity index (χ1n) is 7.65. The van der Waals surface area contributed by atoms with Crippen LogP contribution >= 0.6 is 15.9 Å². The topological polar surface area (TPSA) is 49.8 Å². The Kier molecular flexibility index (Phi) is 3.62. The number of amides is 1. The van der Waals surface area contributed by atoms with Crippen LogP contribution in [0.25, 0.3) is 0 Å². The Hall–Kier alpha value is -1.85. The number of rotatable bonds is 1. The molecule has 2 aromatic rings. The molecule has 0 aliphatic carbocycles. The molecule has 23 heavy (non-hydrogen) atoms. The SMILES string of the molecule is O=C(c1ccccc1)N1CC[C@@H]2[C@H](O)c3cc(Br)ccc3O[C@@H]21. The Bertz CT molecular complexity index is 749. The van der Waals surface area contributed by atoms with Gasteiger partial charge in [-0.05, 0) is 36.8 Å². The van der Waals surface area contributed by atoms with E-state index in [2.05, 4.69) is 15.9 Å². The molecule has 4 nitrogen and oxygen atoms in total. The summed E-state index contributed by atoms with van der Waals surface area (Å²) < 4.78 is 6.97. The monoisotopic (exact) mass is 373 g/mol. The molecule has 0 radical (unpaired) electrons. The second-order valence-electron chi connectivity index (χ2n) is 5.95. The van der Waals surface area contributed by atoms with E-state index in [0.717, 1.165) is 16.5 Å². The molecule has 0 bridgehead atoms. The molecular formula is C18H16BrNO3. The number of aliphatic hydroxyl groups excluding tert-OH is 1. The first kappa shape index (κ1) is 14.7. The van der Waals surface area contributed by atoms with E-state index in [4.69, 9.17) is 4.74 Å². The minimum atomic E-state index is -0.616. The summed E-state index contributed by atoms with van der Waals surface area (Å²) in [5, 5.41) is 10.7. The maximum atomic E-state index is 12.7. The van der Waals surface area contributed by atoms with Crippen molar-refractivity contribution in [2.24, 2.45) is 5.92 Å². The first-order valence-corrected chi connectivity index (χ1v) is 8.44. The average molecular weight is 374 g/mol. The van der Waals surface area contributed by atoms with Crippen molar-refractivity contribution in [3.63, 3.8) is 0 Å². The first-order chi connectivity index (χ1) is 11.1. The normalized spacial score (nSPS) is 25.5. The van der Waals surface area contributed by atoms with Crippen molar-refractivity contribution in [1.82, 2.24) is 4.90 Å². The standard InChI is InChI=1S/C18H16BrNO3/c19-12-6-7-15-14(10-12)16(21)13-8-9-20(18(13)23-15)17(22)11-4-2-1-3-5-11/h1-7,10,13,16,18,21H,8-9H2/t13-,16+,18+/m1/s1. The summed E-state index contributed by atoms with van der Waals surface area (Å²) in [5.41, 5.74) is 1.43. The van der Waals surface area contributed by atoms with Crippen LogP contribution in [0.4, 0.5) is 0 Å². The smallest absolute Gasteiger partial charge is 0.256 e. The van der Waals surface area contributed by atoms with Gasteiger partial charge in [-0.15, -0.1) is 0 Å². The molecule has 0 saturated carbocycles. The van der Waals surface area contributed by atoms with Crippen molar-refractivity contribution in [3.8, 4) is 5.75 Å². The van der Waals surface area contributed by atoms with Gasteiger partial charge in [0.25, 0.3) is 5.91 Å². The van der Waals surface area contributed by atoms with Crippen LogP contribution < -0.4 is 4.74 Å². The van der Waals surface area contributed by atoms with Gasteiger partial charge >= 0.3 is 0 Å². The number of nitrogens with zero attached hydrogens (tertiary/aromatic N) is 1. The summed E-state index contributed by atoms with van der Waals surface area (Å²) in [6.07, 6.45) is -0.294. The van der Waals surface area contributed by atoms with Crippen LogP contribution in [0, 0.1) is 5.92 Å². The van der Waals surface area contributed by atoms with Crippen molar-refractivity contribution in [2.75, 3.05) is 6.54 Å². The number of hydrogen-bond acceptors (Lipinski definition) is 3. The number of aliphatic hydroxyl groups is 1. The van der Waals surface area contributed by atoms with E-state index in [0.29, 0.717) is 17.9 Å². The summed E-state index contributed by atoms with van der Waals surface area (Å²) in [5.74, 6) is 0.505. The Morgan fingerprint density at radius 1 is 1.22 bits per heavy atom. The zero-order valence-electron chi connectivity index (χ0n) is 12.4. The van der Waals surface area contributed by atoms with Crippen LogP contribution in [0.3, 0.4) is 0 Å². The van der Waals surface area contributed by atoms with Gasteiger partial charge in [0.1, 0.15) is 5.75 Å². The Morgan fingerprint density at radius 2 is 2.00 bits per heavy atom. The van der Waals surface area contributed by atoms with Crippen LogP contribution in [-0.2, 0) is 0 Å². The maximum absolute atomic E-state index is 12.7. The Labute approximate surface area is 142 Å². The van der Waals surface area contributed by atoms with E-state index in [9.17, 15) is 9.90 Å². The second kappa shape index (κ2) is 5.65. The van der Waals surface area contributed by atoms with Gasteiger partial charge < -0.3 is 14.7 Å². The molecule has 1 saturated heterocycles. The van der Waals surface area contributed by atoms with Gasteiger partial charge in [-0.2, -0.15) is 0 Å². The number of benzene rings is 2. The molecule has 5 heteroatoms. The molecule has 4 rings (SSSR count). The number of likely N-dealkylation sites (tertiary alicyclic amines) is 1. The van der Waals surface area contributed by atoms with Gasteiger partial charge in [-0.3, -0.25) is 4.79 Å². The molecule has 1 N–H and O–H groups in total. The summed E-state index contributed by atoms with van der Waals surface area (Å²) in [6.45, 7) is 0.593. The van der Waals surface area contributed by atoms with Crippen LogP contribution in [0.5, 0.6) is 5.75 Å². The van der Waals surface area contributed by atoms with Gasteiger partial charge in [0.15, 0.2) is 6.23 Å². The van der Waals surface area contributed by atoms with Crippen molar-refractivity contribution in [1.29, 1.82) is 0 Å². The fourth-order valence-electron chi connectivity index (χ4n) is 3.44. The Morgan fingerprint density at radius 3 is 2.78 bits per heavy atom. The predicted molar refractivity (Wildman–Crippen MR) is 89.1 cm³/mol. The molecular weight excluding hydrogens is 358 g/mol. The number of hydrogen-bond donors (Lipinski definition) is 1. The summed E-state index contributed by atoms with van der Waals surface area (Å²) in [6, 6.07) is 14.8. The zero-order valence-corrected chi connectivity index (χ0v) is 13.9. The number of halogens is 1. The fourth-order valence-corrected chi connectivity index (χ4v) is 3.81.